The molecule has 0 saturated carbocycles. The summed E-state index contributed by atoms with van der Waals surface area (Å²) in [6, 6.07) is 7.87. The summed E-state index contributed by atoms with van der Waals surface area (Å²) >= 11 is 11.9. The first kappa shape index (κ1) is 22.3. The standard InChI is InChI=1S/C18H20Cl2N2O5S/c1-4-27-16-7-5-12(19)9-17(16)28(24,25)22-11(2)18(23)21-13-6-8-15(26-3)14(20)10-13/h5-11,22H,4H2,1-3H3,(H,21,23). The molecule has 0 aliphatic heterocycles. The van der Waals surface area contributed by atoms with Gasteiger partial charge in [0.15, 0.2) is 0 Å². The normalized spacial score (nSPS) is 12.3. The Labute approximate surface area is 174 Å². The second-order valence-electron chi connectivity index (χ2n) is 5.71. The number of benzene rings is 2. The van der Waals surface area contributed by atoms with Crippen LogP contribution in [0, 0.1) is 0 Å². The van der Waals surface area contributed by atoms with E-state index in [4.69, 9.17) is 32.7 Å². The minimum Gasteiger partial charge on any atom is -0.495 e. The fourth-order valence-corrected chi connectivity index (χ4v) is 4.18. The maximum atomic E-state index is 12.7. The van der Waals surface area contributed by atoms with E-state index in [9.17, 15) is 13.2 Å². The molecule has 0 radical (unpaired) electrons. The van der Waals surface area contributed by atoms with Crippen molar-refractivity contribution in [1.29, 1.82) is 0 Å². The van der Waals surface area contributed by atoms with Crippen LogP contribution in [0.4, 0.5) is 5.69 Å². The molecule has 2 N–H and O–H groups in total. The molecule has 0 aliphatic rings. The van der Waals surface area contributed by atoms with E-state index in [2.05, 4.69) is 10.0 Å². The zero-order valence-electron chi connectivity index (χ0n) is 15.5. The third kappa shape index (κ3) is 5.51. The fraction of sp³-hybridized carbons (Fsp3) is 0.278. The summed E-state index contributed by atoms with van der Waals surface area (Å²) in [5, 5.41) is 3.14. The van der Waals surface area contributed by atoms with Crippen LogP contribution in [0.3, 0.4) is 0 Å². The van der Waals surface area contributed by atoms with Gasteiger partial charge >= 0.3 is 0 Å². The van der Waals surface area contributed by atoms with Gasteiger partial charge in [-0.3, -0.25) is 4.79 Å². The second-order valence-corrected chi connectivity index (χ2v) is 8.23. The van der Waals surface area contributed by atoms with E-state index in [1.54, 1.807) is 19.1 Å². The van der Waals surface area contributed by atoms with Crippen molar-refractivity contribution in [3.05, 3.63) is 46.4 Å². The summed E-state index contributed by atoms with van der Waals surface area (Å²) in [6.07, 6.45) is 0. The van der Waals surface area contributed by atoms with E-state index in [0.29, 0.717) is 16.5 Å². The number of hydrogen-bond acceptors (Lipinski definition) is 5. The monoisotopic (exact) mass is 446 g/mol. The third-order valence-corrected chi connectivity index (χ3v) is 5.73. The largest absolute Gasteiger partial charge is 0.495 e. The summed E-state index contributed by atoms with van der Waals surface area (Å²) in [7, 11) is -2.58. The van der Waals surface area contributed by atoms with Crippen LogP contribution >= 0.6 is 23.2 Å². The predicted molar refractivity (Wildman–Crippen MR) is 109 cm³/mol. The summed E-state index contributed by atoms with van der Waals surface area (Å²) < 4.78 is 38.1. The minimum absolute atomic E-state index is 0.144. The lowest BCUT2D eigenvalue weighted by molar-refractivity contribution is -0.117. The summed E-state index contributed by atoms with van der Waals surface area (Å²) in [6.45, 7) is 3.43. The van der Waals surface area contributed by atoms with E-state index < -0.39 is 22.0 Å². The molecule has 2 aromatic rings. The van der Waals surface area contributed by atoms with E-state index in [-0.39, 0.29) is 22.3 Å². The molecule has 0 bridgehead atoms. The van der Waals surface area contributed by atoms with Crippen LogP contribution in [0.1, 0.15) is 13.8 Å². The van der Waals surface area contributed by atoms with Crippen LogP contribution in [0.2, 0.25) is 10.0 Å². The molecule has 1 amide bonds. The van der Waals surface area contributed by atoms with Crippen LogP contribution in [0.25, 0.3) is 0 Å². The minimum atomic E-state index is -4.06. The van der Waals surface area contributed by atoms with Crippen LogP contribution in [-0.2, 0) is 14.8 Å². The molecular formula is C18H20Cl2N2O5S. The molecular weight excluding hydrogens is 427 g/mol. The number of nitrogens with one attached hydrogen (secondary N) is 2. The Bertz CT molecular complexity index is 966. The number of ether oxygens (including phenoxy) is 2. The number of anilines is 1. The number of rotatable bonds is 8. The van der Waals surface area contributed by atoms with Gasteiger partial charge in [-0.15, -0.1) is 0 Å². The Hall–Kier alpha value is -2.00. The Morgan fingerprint density at radius 2 is 1.82 bits per heavy atom. The average Bonchev–Trinajstić information content (AvgIpc) is 2.63. The Morgan fingerprint density at radius 1 is 1.14 bits per heavy atom. The van der Waals surface area contributed by atoms with Gasteiger partial charge in [0.2, 0.25) is 15.9 Å². The van der Waals surface area contributed by atoms with Crippen molar-refractivity contribution in [3.8, 4) is 11.5 Å². The average molecular weight is 447 g/mol. The maximum absolute atomic E-state index is 12.7. The zero-order chi connectivity index (χ0) is 20.9. The van der Waals surface area contributed by atoms with Gasteiger partial charge in [-0.1, -0.05) is 23.2 Å². The molecule has 0 saturated heterocycles. The highest BCUT2D eigenvalue weighted by Crippen LogP contribution is 2.28. The van der Waals surface area contributed by atoms with Gasteiger partial charge in [0.1, 0.15) is 16.4 Å². The van der Waals surface area contributed by atoms with Crippen LogP contribution in [-0.4, -0.2) is 34.1 Å². The first-order valence-electron chi connectivity index (χ1n) is 8.27. The van der Waals surface area contributed by atoms with E-state index in [1.807, 2.05) is 0 Å². The van der Waals surface area contributed by atoms with Gasteiger partial charge in [-0.05, 0) is 50.2 Å². The van der Waals surface area contributed by atoms with Crippen LogP contribution < -0.4 is 19.5 Å². The van der Waals surface area contributed by atoms with Crippen LogP contribution in [0.15, 0.2) is 41.3 Å². The van der Waals surface area contributed by atoms with E-state index in [0.717, 1.165) is 0 Å². The fourth-order valence-electron chi connectivity index (χ4n) is 2.31. The van der Waals surface area contributed by atoms with Crippen molar-refractivity contribution in [3.63, 3.8) is 0 Å². The highest BCUT2D eigenvalue weighted by Gasteiger charge is 2.25. The van der Waals surface area contributed by atoms with Gasteiger partial charge in [-0.25, -0.2) is 8.42 Å². The molecule has 1 unspecified atom stereocenters. The van der Waals surface area contributed by atoms with Crippen molar-refractivity contribution in [2.24, 2.45) is 0 Å². The Kier molecular flexibility index (Phi) is 7.54. The van der Waals surface area contributed by atoms with Gasteiger partial charge in [0.05, 0.1) is 24.8 Å². The number of hydrogen-bond donors (Lipinski definition) is 2. The third-order valence-electron chi connectivity index (χ3n) is 3.64. The quantitative estimate of drug-likeness (QED) is 0.644. The van der Waals surface area contributed by atoms with Gasteiger partial charge in [0.25, 0.3) is 0 Å². The molecule has 1 atom stereocenters. The van der Waals surface area contributed by atoms with E-state index >= 15 is 0 Å². The zero-order valence-corrected chi connectivity index (χ0v) is 17.8. The summed E-state index contributed by atoms with van der Waals surface area (Å²) in [5.74, 6) is 0.0385. The molecule has 0 spiro atoms. The van der Waals surface area contributed by atoms with Crippen molar-refractivity contribution in [2.45, 2.75) is 24.8 Å². The number of halogens is 2. The molecule has 152 valence electrons. The number of amides is 1. The summed E-state index contributed by atoms with van der Waals surface area (Å²) in [4.78, 5) is 12.3. The molecule has 0 aliphatic carbocycles. The lowest BCUT2D eigenvalue weighted by Crippen LogP contribution is -2.41. The number of carbonyl (C=O) groups is 1. The van der Waals surface area contributed by atoms with Crippen molar-refractivity contribution in [2.75, 3.05) is 19.0 Å². The molecule has 7 nitrogen and oxygen atoms in total. The predicted octanol–water partition coefficient (Wildman–Crippen LogP) is 3.71. The van der Waals surface area contributed by atoms with Crippen molar-refractivity contribution in [1.82, 2.24) is 4.72 Å². The van der Waals surface area contributed by atoms with Gasteiger partial charge in [0, 0.05) is 10.7 Å². The number of sulfonamides is 1. The van der Waals surface area contributed by atoms with Crippen LogP contribution in [0.5, 0.6) is 11.5 Å². The molecule has 0 aromatic heterocycles. The molecule has 2 rings (SSSR count). The molecule has 28 heavy (non-hydrogen) atoms. The van der Waals surface area contributed by atoms with Crippen molar-refractivity contribution < 1.29 is 22.7 Å². The maximum Gasteiger partial charge on any atom is 0.245 e. The molecule has 2 aromatic carbocycles. The number of carbonyl (C=O) groups excluding carboxylic acids is 1. The van der Waals surface area contributed by atoms with Gasteiger partial charge < -0.3 is 14.8 Å². The smallest absolute Gasteiger partial charge is 0.245 e. The topological polar surface area (TPSA) is 93.7 Å². The Balaban J connectivity index is 2.17. The highest BCUT2D eigenvalue weighted by molar-refractivity contribution is 7.89. The first-order chi connectivity index (χ1) is 13.2. The molecule has 0 fully saturated rings. The van der Waals surface area contributed by atoms with E-state index in [1.165, 1.54) is 38.3 Å². The first-order valence-corrected chi connectivity index (χ1v) is 10.5. The van der Waals surface area contributed by atoms with Gasteiger partial charge in [-0.2, -0.15) is 4.72 Å². The summed E-state index contributed by atoms with van der Waals surface area (Å²) in [5.41, 5.74) is 0.402. The van der Waals surface area contributed by atoms with Crippen molar-refractivity contribution >= 4 is 44.8 Å². The highest BCUT2D eigenvalue weighted by atomic mass is 35.5. The number of methoxy groups -OCH3 is 1. The lowest BCUT2D eigenvalue weighted by atomic mass is 10.2. The second kappa shape index (κ2) is 9.47. The molecule has 0 heterocycles. The SMILES string of the molecule is CCOc1ccc(Cl)cc1S(=O)(=O)NC(C)C(=O)Nc1ccc(OC)c(Cl)c1. The Morgan fingerprint density at radius 3 is 2.43 bits per heavy atom. The lowest BCUT2D eigenvalue weighted by Gasteiger charge is -2.17. The molecule has 10 heteroatoms.